The number of amides is 2. The molecule has 2 N–H and O–H groups in total. The van der Waals surface area contributed by atoms with Crippen LogP contribution in [0.1, 0.15) is 22.3 Å². The molecule has 43 heavy (non-hydrogen) atoms. The first-order valence-corrected chi connectivity index (χ1v) is 14.2. The molecule has 2 amide bonds. The summed E-state index contributed by atoms with van der Waals surface area (Å²) in [6, 6.07) is 44.1. The fourth-order valence-electron chi connectivity index (χ4n) is 5.14. The van der Waals surface area contributed by atoms with Crippen molar-refractivity contribution in [2.75, 3.05) is 10.6 Å². The number of anilines is 2. The summed E-state index contributed by atoms with van der Waals surface area (Å²) in [5.74, 6) is -0.351. The third kappa shape index (κ3) is 6.95. The number of carbonyl (C=O) groups is 2. The highest BCUT2D eigenvalue weighted by Crippen LogP contribution is 2.21. The molecule has 0 saturated heterocycles. The van der Waals surface area contributed by atoms with Crippen LogP contribution in [0.3, 0.4) is 0 Å². The fraction of sp³-hybridized carbons (Fsp3) is 0.0256. The molecule has 0 aliphatic rings. The molecule has 0 atom stereocenters. The Morgan fingerprint density at radius 3 is 1.30 bits per heavy atom. The number of carbonyl (C=O) groups excluding carboxylic acids is 2. The van der Waals surface area contributed by atoms with E-state index in [1.807, 2.05) is 109 Å². The van der Waals surface area contributed by atoms with Crippen LogP contribution in [0.4, 0.5) is 11.4 Å². The van der Waals surface area contributed by atoms with Crippen molar-refractivity contribution in [3.05, 3.63) is 168 Å². The molecule has 0 aliphatic carbocycles. The number of hydrogen-bond donors (Lipinski definition) is 2. The molecule has 0 radical (unpaired) electrons. The minimum absolute atomic E-state index is 0.176. The summed E-state index contributed by atoms with van der Waals surface area (Å²) in [6.45, 7) is 0. The van der Waals surface area contributed by atoms with Crippen molar-refractivity contribution >= 4 is 56.9 Å². The van der Waals surface area contributed by atoms with E-state index < -0.39 is 0 Å². The van der Waals surface area contributed by atoms with E-state index in [0.717, 1.165) is 61.6 Å². The molecule has 0 saturated carbocycles. The average Bonchev–Trinajstić information content (AvgIpc) is 3.04. The van der Waals surface area contributed by atoms with E-state index in [1.165, 1.54) is 0 Å². The summed E-state index contributed by atoms with van der Waals surface area (Å²) in [5, 5.41) is 10.4. The molecule has 0 spiro atoms. The highest BCUT2D eigenvalue weighted by molar-refractivity contribution is 6.04. The molecule has 208 valence electrons. The van der Waals surface area contributed by atoms with E-state index in [2.05, 4.69) is 47.0 Å². The van der Waals surface area contributed by atoms with Gasteiger partial charge in [0.05, 0.1) is 0 Å². The van der Waals surface area contributed by atoms with Crippen molar-refractivity contribution < 1.29 is 9.59 Å². The quantitative estimate of drug-likeness (QED) is 0.183. The molecule has 6 rings (SSSR count). The van der Waals surface area contributed by atoms with Gasteiger partial charge in [-0.25, -0.2) is 0 Å². The lowest BCUT2D eigenvalue weighted by Crippen LogP contribution is -2.08. The predicted octanol–water partition coefficient (Wildman–Crippen LogP) is 8.89. The third-order valence-electron chi connectivity index (χ3n) is 7.33. The van der Waals surface area contributed by atoms with Crippen LogP contribution in [-0.2, 0) is 16.0 Å². The Morgan fingerprint density at radius 2 is 0.860 bits per heavy atom. The molecule has 4 heteroatoms. The zero-order chi connectivity index (χ0) is 29.4. The predicted molar refractivity (Wildman–Crippen MR) is 179 cm³/mol. The number of fused-ring (bicyclic) bond motifs is 2. The Balaban J connectivity index is 1.01. The third-order valence-corrected chi connectivity index (χ3v) is 7.33. The van der Waals surface area contributed by atoms with Crippen molar-refractivity contribution in [1.82, 2.24) is 0 Å². The minimum Gasteiger partial charge on any atom is -0.323 e. The molecule has 4 nitrogen and oxygen atoms in total. The van der Waals surface area contributed by atoms with Gasteiger partial charge in [0.1, 0.15) is 0 Å². The van der Waals surface area contributed by atoms with Gasteiger partial charge < -0.3 is 10.6 Å². The lowest BCUT2D eigenvalue weighted by atomic mass is 10.0. The van der Waals surface area contributed by atoms with Crippen LogP contribution in [0, 0.1) is 0 Å². The number of nitrogens with one attached hydrogen (secondary N) is 2. The van der Waals surface area contributed by atoms with Crippen molar-refractivity contribution in [3.8, 4) is 0 Å². The van der Waals surface area contributed by atoms with Crippen LogP contribution in [0.2, 0.25) is 0 Å². The van der Waals surface area contributed by atoms with Gasteiger partial charge in [-0.2, -0.15) is 0 Å². The zero-order valence-electron chi connectivity index (χ0n) is 23.5. The summed E-state index contributed by atoms with van der Waals surface area (Å²) >= 11 is 0. The van der Waals surface area contributed by atoms with E-state index >= 15 is 0 Å². The van der Waals surface area contributed by atoms with Crippen LogP contribution < -0.4 is 10.6 Å². The molecule has 0 heterocycles. The first kappa shape index (κ1) is 27.4. The molecule has 0 bridgehead atoms. The van der Waals surface area contributed by atoms with Gasteiger partial charge >= 0.3 is 0 Å². The van der Waals surface area contributed by atoms with Crippen molar-refractivity contribution in [2.45, 2.75) is 6.42 Å². The van der Waals surface area contributed by atoms with Gasteiger partial charge in [0.15, 0.2) is 0 Å². The average molecular weight is 559 g/mol. The zero-order valence-corrected chi connectivity index (χ0v) is 23.5. The molecule has 0 aliphatic heterocycles. The number of benzene rings is 6. The molecule has 0 fully saturated rings. The first-order chi connectivity index (χ1) is 21.1. The Kier molecular flexibility index (Phi) is 8.19. The van der Waals surface area contributed by atoms with Gasteiger partial charge in [0.2, 0.25) is 11.8 Å². The second kappa shape index (κ2) is 12.8. The summed E-state index contributed by atoms with van der Waals surface area (Å²) in [4.78, 5) is 25.1. The van der Waals surface area contributed by atoms with Gasteiger partial charge in [-0.3, -0.25) is 9.59 Å². The normalized spacial score (nSPS) is 11.3. The second-order valence-electron chi connectivity index (χ2n) is 10.4. The van der Waals surface area contributed by atoms with Crippen molar-refractivity contribution in [2.24, 2.45) is 0 Å². The maximum atomic E-state index is 12.5. The highest BCUT2D eigenvalue weighted by Gasteiger charge is 2.04. The fourth-order valence-corrected chi connectivity index (χ4v) is 5.14. The molecule has 0 unspecified atom stereocenters. The van der Waals surface area contributed by atoms with E-state index in [-0.39, 0.29) is 11.8 Å². The summed E-state index contributed by atoms with van der Waals surface area (Å²) in [6.07, 6.45) is 7.56. The number of hydrogen-bond acceptors (Lipinski definition) is 2. The van der Waals surface area contributed by atoms with Gasteiger partial charge in [-0.15, -0.1) is 0 Å². The Hall–Kier alpha value is -5.74. The van der Waals surface area contributed by atoms with E-state index in [1.54, 1.807) is 12.2 Å². The van der Waals surface area contributed by atoms with Gasteiger partial charge in [-0.1, -0.05) is 109 Å². The van der Waals surface area contributed by atoms with E-state index in [4.69, 9.17) is 0 Å². The van der Waals surface area contributed by atoms with Gasteiger partial charge in [0.25, 0.3) is 0 Å². The SMILES string of the molecule is O=C(/C=C/c1cccc2ccccc12)Nc1ccc(Cc2ccc(NC(=O)/C=C/c3cccc4ccccc34)cc2)cc1. The van der Waals surface area contributed by atoms with E-state index in [9.17, 15) is 9.59 Å². The maximum Gasteiger partial charge on any atom is 0.248 e. The Bertz CT molecular complexity index is 1810. The first-order valence-electron chi connectivity index (χ1n) is 14.2. The molecule has 6 aromatic rings. The van der Waals surface area contributed by atoms with Gasteiger partial charge in [-0.05, 0) is 86.6 Å². The molecular weight excluding hydrogens is 528 g/mol. The summed E-state index contributed by atoms with van der Waals surface area (Å²) in [5.41, 5.74) is 5.74. The standard InChI is InChI=1S/C39H30N2O2/c42-38(25-19-32-11-5-9-30-7-1-3-13-36(30)32)40-34-21-15-28(16-22-34)27-29-17-23-35(24-18-29)41-39(43)26-20-33-12-6-10-31-8-2-4-14-37(31)33/h1-26H,27H2,(H,40,42)(H,41,43)/b25-19+,26-20+. The molecule has 6 aromatic carbocycles. The van der Waals surface area contributed by atoms with Crippen LogP contribution >= 0.6 is 0 Å². The van der Waals surface area contributed by atoms with Gasteiger partial charge in [0, 0.05) is 23.5 Å². The lowest BCUT2D eigenvalue weighted by molar-refractivity contribution is -0.112. The van der Waals surface area contributed by atoms with Crippen LogP contribution in [-0.4, -0.2) is 11.8 Å². The van der Waals surface area contributed by atoms with E-state index in [0.29, 0.717) is 0 Å². The summed E-state index contributed by atoms with van der Waals surface area (Å²) in [7, 11) is 0. The Labute approximate surface area is 251 Å². The molecular formula is C39H30N2O2. The smallest absolute Gasteiger partial charge is 0.248 e. The van der Waals surface area contributed by atoms with Crippen molar-refractivity contribution in [3.63, 3.8) is 0 Å². The lowest BCUT2D eigenvalue weighted by Gasteiger charge is -2.07. The maximum absolute atomic E-state index is 12.5. The van der Waals surface area contributed by atoms with Crippen LogP contribution in [0.25, 0.3) is 33.7 Å². The second-order valence-corrected chi connectivity index (χ2v) is 10.4. The topological polar surface area (TPSA) is 58.2 Å². The summed E-state index contributed by atoms with van der Waals surface area (Å²) < 4.78 is 0. The number of rotatable bonds is 8. The molecule has 0 aromatic heterocycles. The Morgan fingerprint density at radius 1 is 0.465 bits per heavy atom. The highest BCUT2D eigenvalue weighted by atomic mass is 16.2. The van der Waals surface area contributed by atoms with Crippen molar-refractivity contribution in [1.29, 1.82) is 0 Å². The van der Waals surface area contributed by atoms with Crippen LogP contribution in [0.5, 0.6) is 0 Å². The monoisotopic (exact) mass is 558 g/mol. The largest absolute Gasteiger partial charge is 0.323 e. The van der Waals surface area contributed by atoms with Crippen LogP contribution in [0.15, 0.2) is 146 Å². The minimum atomic E-state index is -0.176.